The van der Waals surface area contributed by atoms with Crippen molar-refractivity contribution in [2.45, 2.75) is 46.1 Å². The first-order valence-electron chi connectivity index (χ1n) is 6.73. The van der Waals surface area contributed by atoms with E-state index in [-0.39, 0.29) is 23.3 Å². The van der Waals surface area contributed by atoms with Gasteiger partial charge in [-0.2, -0.15) is 0 Å². The Bertz CT molecular complexity index is 481. The van der Waals surface area contributed by atoms with Crippen LogP contribution in [0, 0.1) is 5.41 Å². The van der Waals surface area contributed by atoms with Crippen LogP contribution in [0.15, 0.2) is 5.51 Å². The third kappa shape index (κ3) is 3.75. The van der Waals surface area contributed by atoms with Gasteiger partial charge in [0.2, 0.25) is 16.9 Å². The second kappa shape index (κ2) is 5.87. The number of nitrogens with zero attached hydrogens (tertiary/aromatic N) is 3. The second-order valence-corrected chi connectivity index (χ2v) is 7.05. The van der Waals surface area contributed by atoms with E-state index >= 15 is 0 Å². The smallest absolute Gasteiger partial charge is 0.249 e. The Balaban J connectivity index is 1.99. The van der Waals surface area contributed by atoms with Gasteiger partial charge in [0.25, 0.3) is 0 Å². The number of likely N-dealkylation sites (tertiary alicyclic amines) is 1. The second-order valence-electron chi connectivity index (χ2n) is 6.22. The molecule has 110 valence electrons. The van der Waals surface area contributed by atoms with Gasteiger partial charge in [0.05, 0.1) is 0 Å². The zero-order valence-corrected chi connectivity index (χ0v) is 12.9. The predicted molar refractivity (Wildman–Crippen MR) is 77.3 cm³/mol. The van der Waals surface area contributed by atoms with Crippen LogP contribution >= 0.6 is 11.3 Å². The number of amides is 2. The van der Waals surface area contributed by atoms with Crippen molar-refractivity contribution in [3.8, 4) is 0 Å². The van der Waals surface area contributed by atoms with Crippen molar-refractivity contribution in [2.75, 3.05) is 11.9 Å². The first kappa shape index (κ1) is 14.9. The number of nitrogens with one attached hydrogen (secondary N) is 1. The molecule has 2 heterocycles. The third-order valence-electron chi connectivity index (χ3n) is 3.15. The van der Waals surface area contributed by atoms with E-state index < -0.39 is 0 Å². The SMILES string of the molecule is CC(C)(C)CC(=O)N1CCCC1C(=O)Nc1nncs1. The maximum Gasteiger partial charge on any atom is 0.249 e. The zero-order chi connectivity index (χ0) is 14.8. The number of hydrogen-bond acceptors (Lipinski definition) is 5. The molecule has 1 atom stereocenters. The van der Waals surface area contributed by atoms with Gasteiger partial charge in [-0.25, -0.2) is 0 Å². The van der Waals surface area contributed by atoms with Crippen molar-refractivity contribution in [1.82, 2.24) is 15.1 Å². The zero-order valence-electron chi connectivity index (χ0n) is 12.0. The van der Waals surface area contributed by atoms with Crippen molar-refractivity contribution in [2.24, 2.45) is 5.41 Å². The summed E-state index contributed by atoms with van der Waals surface area (Å²) in [7, 11) is 0. The molecule has 0 saturated carbocycles. The number of hydrogen-bond donors (Lipinski definition) is 1. The molecule has 1 fully saturated rings. The Kier molecular flexibility index (Phi) is 4.37. The number of carbonyl (C=O) groups is 2. The lowest BCUT2D eigenvalue weighted by Crippen LogP contribution is -2.44. The van der Waals surface area contributed by atoms with E-state index in [1.165, 1.54) is 11.3 Å². The summed E-state index contributed by atoms with van der Waals surface area (Å²) in [5.74, 6) is -0.117. The average Bonchev–Trinajstić information content (AvgIpc) is 2.96. The van der Waals surface area contributed by atoms with Crippen molar-refractivity contribution in [1.29, 1.82) is 0 Å². The summed E-state index contributed by atoms with van der Waals surface area (Å²) in [4.78, 5) is 26.2. The highest BCUT2D eigenvalue weighted by Gasteiger charge is 2.35. The lowest BCUT2D eigenvalue weighted by atomic mass is 9.91. The largest absolute Gasteiger partial charge is 0.331 e. The molecule has 20 heavy (non-hydrogen) atoms. The molecule has 1 N–H and O–H groups in total. The van der Waals surface area contributed by atoms with Crippen LogP contribution in [0.3, 0.4) is 0 Å². The van der Waals surface area contributed by atoms with Crippen LogP contribution in [-0.4, -0.2) is 39.5 Å². The van der Waals surface area contributed by atoms with E-state index in [0.29, 0.717) is 24.5 Å². The third-order valence-corrected chi connectivity index (χ3v) is 3.75. The van der Waals surface area contributed by atoms with E-state index in [9.17, 15) is 9.59 Å². The Labute approximate surface area is 122 Å². The lowest BCUT2D eigenvalue weighted by Gasteiger charge is -2.27. The molecule has 1 saturated heterocycles. The van der Waals surface area contributed by atoms with Gasteiger partial charge in [-0.05, 0) is 18.3 Å². The summed E-state index contributed by atoms with van der Waals surface area (Å²) in [6, 6.07) is -0.381. The average molecular weight is 296 g/mol. The fraction of sp³-hybridized carbons (Fsp3) is 0.692. The molecular formula is C13H20N4O2S. The summed E-state index contributed by atoms with van der Waals surface area (Å²) >= 11 is 1.27. The Morgan fingerprint density at radius 3 is 2.85 bits per heavy atom. The first-order chi connectivity index (χ1) is 9.37. The summed E-state index contributed by atoms with van der Waals surface area (Å²) in [5.41, 5.74) is 1.49. The molecule has 7 heteroatoms. The van der Waals surface area contributed by atoms with Crippen LogP contribution in [0.4, 0.5) is 5.13 Å². The Morgan fingerprint density at radius 1 is 1.50 bits per heavy atom. The number of rotatable bonds is 3. The molecule has 0 radical (unpaired) electrons. The molecule has 1 aromatic heterocycles. The van der Waals surface area contributed by atoms with Gasteiger partial charge in [-0.3, -0.25) is 14.9 Å². The molecule has 0 aliphatic carbocycles. The van der Waals surface area contributed by atoms with Crippen molar-refractivity contribution < 1.29 is 9.59 Å². The lowest BCUT2D eigenvalue weighted by molar-refractivity contribution is -0.138. The molecule has 1 aliphatic rings. The molecule has 0 spiro atoms. The molecule has 1 aliphatic heterocycles. The van der Waals surface area contributed by atoms with E-state index in [1.54, 1.807) is 10.4 Å². The summed E-state index contributed by atoms with van der Waals surface area (Å²) in [6.45, 7) is 6.73. The first-order valence-corrected chi connectivity index (χ1v) is 7.61. The molecule has 2 rings (SSSR count). The monoisotopic (exact) mass is 296 g/mol. The number of carbonyl (C=O) groups excluding carboxylic acids is 2. The Hall–Kier alpha value is -1.50. The highest BCUT2D eigenvalue weighted by Crippen LogP contribution is 2.25. The minimum absolute atomic E-state index is 0.0485. The topological polar surface area (TPSA) is 75.2 Å². The van der Waals surface area contributed by atoms with E-state index in [4.69, 9.17) is 0 Å². The molecule has 1 unspecified atom stereocenters. The van der Waals surface area contributed by atoms with Gasteiger partial charge in [-0.1, -0.05) is 32.1 Å². The van der Waals surface area contributed by atoms with Gasteiger partial charge in [-0.15, -0.1) is 10.2 Å². The van der Waals surface area contributed by atoms with Crippen LogP contribution in [0.25, 0.3) is 0 Å². The fourth-order valence-electron chi connectivity index (χ4n) is 2.31. The fourth-order valence-corrected chi connectivity index (χ4v) is 2.76. The molecule has 0 bridgehead atoms. The molecule has 2 amide bonds. The minimum Gasteiger partial charge on any atom is -0.331 e. The maximum atomic E-state index is 12.3. The molecule has 6 nitrogen and oxygen atoms in total. The predicted octanol–water partition coefficient (Wildman–Crippen LogP) is 1.90. The van der Waals surface area contributed by atoms with Gasteiger partial charge >= 0.3 is 0 Å². The van der Waals surface area contributed by atoms with Crippen LogP contribution < -0.4 is 5.32 Å². The summed E-state index contributed by atoms with van der Waals surface area (Å²) in [5, 5.41) is 10.7. The van der Waals surface area contributed by atoms with Crippen LogP contribution in [-0.2, 0) is 9.59 Å². The van der Waals surface area contributed by atoms with Gasteiger partial charge in [0.15, 0.2) is 0 Å². The van der Waals surface area contributed by atoms with E-state index in [2.05, 4.69) is 15.5 Å². The van der Waals surface area contributed by atoms with Crippen molar-refractivity contribution >= 4 is 28.3 Å². The van der Waals surface area contributed by atoms with Gasteiger partial charge < -0.3 is 4.90 Å². The van der Waals surface area contributed by atoms with Crippen molar-refractivity contribution in [3.63, 3.8) is 0 Å². The number of aromatic nitrogens is 2. The van der Waals surface area contributed by atoms with Crippen LogP contribution in [0.5, 0.6) is 0 Å². The van der Waals surface area contributed by atoms with Crippen LogP contribution in [0.1, 0.15) is 40.0 Å². The summed E-state index contributed by atoms with van der Waals surface area (Å²) in [6.07, 6.45) is 2.03. The minimum atomic E-state index is -0.381. The normalized spacial score (nSPS) is 19.1. The van der Waals surface area contributed by atoms with E-state index in [0.717, 1.165) is 6.42 Å². The molecule has 0 aromatic carbocycles. The quantitative estimate of drug-likeness (QED) is 0.924. The number of anilines is 1. The van der Waals surface area contributed by atoms with E-state index in [1.807, 2.05) is 20.8 Å². The highest BCUT2D eigenvalue weighted by atomic mass is 32.1. The standard InChI is InChI=1S/C13H20N4O2S/c1-13(2,3)7-10(18)17-6-4-5-9(17)11(19)15-12-16-14-8-20-12/h8-9H,4-7H2,1-3H3,(H,15,16,19). The van der Waals surface area contributed by atoms with Gasteiger partial charge in [0, 0.05) is 13.0 Å². The van der Waals surface area contributed by atoms with Crippen molar-refractivity contribution in [3.05, 3.63) is 5.51 Å². The maximum absolute atomic E-state index is 12.3. The van der Waals surface area contributed by atoms with Crippen LogP contribution in [0.2, 0.25) is 0 Å². The molecular weight excluding hydrogens is 276 g/mol. The molecule has 1 aromatic rings. The van der Waals surface area contributed by atoms with Gasteiger partial charge in [0.1, 0.15) is 11.6 Å². The Morgan fingerprint density at radius 2 is 2.25 bits per heavy atom. The highest BCUT2D eigenvalue weighted by molar-refractivity contribution is 7.13. The summed E-state index contributed by atoms with van der Waals surface area (Å²) < 4.78 is 0.